The van der Waals surface area contributed by atoms with Crippen molar-refractivity contribution < 1.29 is 4.74 Å². The third-order valence-corrected chi connectivity index (χ3v) is 4.13. The van der Waals surface area contributed by atoms with Crippen LogP contribution in [0.5, 0.6) is 5.75 Å². The van der Waals surface area contributed by atoms with Gasteiger partial charge in [0.2, 0.25) is 0 Å². The zero-order valence-corrected chi connectivity index (χ0v) is 15.6. The molecule has 0 saturated heterocycles. The summed E-state index contributed by atoms with van der Waals surface area (Å²) < 4.78 is 6.05. The van der Waals surface area contributed by atoms with Crippen LogP contribution >= 0.6 is 0 Å². The predicted molar refractivity (Wildman–Crippen MR) is 99.3 cm³/mol. The van der Waals surface area contributed by atoms with E-state index in [9.17, 15) is 0 Å². The first kappa shape index (κ1) is 18.1. The van der Waals surface area contributed by atoms with Crippen LogP contribution in [0.25, 0.3) is 0 Å². The van der Waals surface area contributed by atoms with Gasteiger partial charge in [-0.15, -0.1) is 0 Å². The Morgan fingerprint density at radius 1 is 0.833 bits per heavy atom. The molecule has 0 N–H and O–H groups in total. The third-order valence-electron chi connectivity index (χ3n) is 4.13. The molecule has 0 amide bonds. The molecule has 0 aliphatic heterocycles. The van der Waals surface area contributed by atoms with Crippen molar-refractivity contribution >= 4 is 0 Å². The number of ether oxygens (including phenoxy) is 1. The van der Waals surface area contributed by atoms with Crippen molar-refractivity contribution in [2.24, 2.45) is 0 Å². The Morgan fingerprint density at radius 2 is 1.33 bits per heavy atom. The van der Waals surface area contributed by atoms with Crippen LogP contribution in [0.4, 0.5) is 0 Å². The molecular formula is C22H27NO. The van der Waals surface area contributed by atoms with Crippen LogP contribution in [0.3, 0.4) is 0 Å². The monoisotopic (exact) mass is 321 g/mol. The molecular weight excluding hydrogens is 294 g/mol. The van der Waals surface area contributed by atoms with Crippen molar-refractivity contribution in [3.05, 3.63) is 64.7 Å². The summed E-state index contributed by atoms with van der Waals surface area (Å²) in [5.74, 6) is 0.900. The highest BCUT2D eigenvalue weighted by Gasteiger charge is 2.20. The topological polar surface area (TPSA) is 33.0 Å². The van der Waals surface area contributed by atoms with Gasteiger partial charge < -0.3 is 4.74 Å². The number of benzene rings is 2. The standard InChI is InChI=1S/C22H27NO/c1-21(2,3)18-11-19(22(4,5)6)13-20(12-18)24-15-17-9-7-16(14-23)8-10-17/h7-13H,15H2,1-6H3. The number of hydrogen-bond donors (Lipinski definition) is 0. The van der Waals surface area contributed by atoms with E-state index in [1.165, 1.54) is 11.1 Å². The summed E-state index contributed by atoms with van der Waals surface area (Å²) in [7, 11) is 0. The summed E-state index contributed by atoms with van der Waals surface area (Å²) in [6.45, 7) is 13.8. The fraction of sp³-hybridized carbons (Fsp3) is 0.409. The molecule has 126 valence electrons. The van der Waals surface area contributed by atoms with Gasteiger partial charge in [0.15, 0.2) is 0 Å². The van der Waals surface area contributed by atoms with Crippen LogP contribution in [0.1, 0.15) is 63.8 Å². The molecule has 2 aromatic rings. The lowest BCUT2D eigenvalue weighted by molar-refractivity contribution is 0.304. The second-order valence-corrected chi connectivity index (χ2v) is 8.34. The van der Waals surface area contributed by atoms with E-state index in [1.54, 1.807) is 0 Å². The largest absolute Gasteiger partial charge is 0.489 e. The van der Waals surface area contributed by atoms with Crippen LogP contribution in [0, 0.1) is 11.3 Å². The molecule has 0 heterocycles. The number of hydrogen-bond acceptors (Lipinski definition) is 2. The number of nitriles is 1. The van der Waals surface area contributed by atoms with Gasteiger partial charge in [0.1, 0.15) is 12.4 Å². The number of nitrogens with zero attached hydrogens (tertiary/aromatic N) is 1. The van der Waals surface area contributed by atoms with Crippen molar-refractivity contribution in [1.82, 2.24) is 0 Å². The highest BCUT2D eigenvalue weighted by atomic mass is 16.5. The first-order chi connectivity index (χ1) is 11.1. The molecule has 2 heteroatoms. The van der Waals surface area contributed by atoms with E-state index in [4.69, 9.17) is 10.00 Å². The minimum atomic E-state index is 0.0772. The molecule has 0 aliphatic carbocycles. The maximum absolute atomic E-state index is 8.87. The fourth-order valence-corrected chi connectivity index (χ4v) is 2.39. The Balaban J connectivity index is 2.26. The summed E-state index contributed by atoms with van der Waals surface area (Å²) >= 11 is 0. The van der Waals surface area contributed by atoms with E-state index in [-0.39, 0.29) is 10.8 Å². The van der Waals surface area contributed by atoms with Gasteiger partial charge in [-0.1, -0.05) is 59.7 Å². The quantitative estimate of drug-likeness (QED) is 0.723. The second-order valence-electron chi connectivity index (χ2n) is 8.34. The Morgan fingerprint density at radius 3 is 1.75 bits per heavy atom. The lowest BCUT2D eigenvalue weighted by Gasteiger charge is -2.26. The molecule has 0 radical (unpaired) electrons. The Kier molecular flexibility index (Phi) is 5.04. The van der Waals surface area contributed by atoms with Crippen molar-refractivity contribution in [2.75, 3.05) is 0 Å². The molecule has 2 nitrogen and oxygen atoms in total. The summed E-state index contributed by atoms with van der Waals surface area (Å²) in [5, 5.41) is 8.87. The third kappa shape index (κ3) is 4.61. The van der Waals surface area contributed by atoms with Crippen LogP contribution in [0.2, 0.25) is 0 Å². The van der Waals surface area contributed by atoms with E-state index >= 15 is 0 Å². The molecule has 2 rings (SSSR count). The van der Waals surface area contributed by atoms with E-state index in [2.05, 4.69) is 65.8 Å². The van der Waals surface area contributed by atoms with Crippen LogP contribution in [-0.2, 0) is 17.4 Å². The summed E-state index contributed by atoms with van der Waals surface area (Å²) in [6, 6.07) is 16.2. The molecule has 2 aromatic carbocycles. The van der Waals surface area contributed by atoms with Gasteiger partial charge in [0.25, 0.3) is 0 Å². The van der Waals surface area contributed by atoms with Gasteiger partial charge in [-0.3, -0.25) is 0 Å². The molecule has 0 atom stereocenters. The first-order valence-electron chi connectivity index (χ1n) is 8.37. The van der Waals surface area contributed by atoms with Gasteiger partial charge in [-0.2, -0.15) is 5.26 Å². The normalized spacial score (nSPS) is 11.9. The van der Waals surface area contributed by atoms with Crippen molar-refractivity contribution in [3.8, 4) is 11.8 Å². The second kappa shape index (κ2) is 6.69. The smallest absolute Gasteiger partial charge is 0.120 e. The first-order valence-corrected chi connectivity index (χ1v) is 8.37. The zero-order chi connectivity index (χ0) is 18.0. The molecule has 0 saturated carbocycles. The highest BCUT2D eigenvalue weighted by Crippen LogP contribution is 2.33. The lowest BCUT2D eigenvalue weighted by atomic mass is 9.80. The fourth-order valence-electron chi connectivity index (χ4n) is 2.39. The Labute approximate surface area is 146 Å². The molecule has 0 fully saturated rings. The molecule has 0 aliphatic rings. The van der Waals surface area contributed by atoms with E-state index in [0.717, 1.165) is 11.3 Å². The van der Waals surface area contributed by atoms with E-state index < -0.39 is 0 Å². The van der Waals surface area contributed by atoms with Gasteiger partial charge in [-0.05, 0) is 51.8 Å². The molecule has 0 bridgehead atoms. The maximum Gasteiger partial charge on any atom is 0.120 e. The van der Waals surface area contributed by atoms with Crippen molar-refractivity contribution in [1.29, 1.82) is 5.26 Å². The van der Waals surface area contributed by atoms with Crippen molar-refractivity contribution in [2.45, 2.75) is 59.0 Å². The van der Waals surface area contributed by atoms with Crippen LogP contribution < -0.4 is 4.74 Å². The minimum Gasteiger partial charge on any atom is -0.489 e. The minimum absolute atomic E-state index is 0.0772. The van der Waals surface area contributed by atoms with E-state index in [1.807, 2.05) is 24.3 Å². The highest BCUT2D eigenvalue weighted by molar-refractivity contribution is 5.41. The average molecular weight is 321 g/mol. The molecule has 24 heavy (non-hydrogen) atoms. The van der Waals surface area contributed by atoms with Gasteiger partial charge in [0, 0.05) is 0 Å². The van der Waals surface area contributed by atoms with Gasteiger partial charge in [0.05, 0.1) is 11.6 Å². The summed E-state index contributed by atoms with van der Waals surface area (Å²) in [6.07, 6.45) is 0. The predicted octanol–water partition coefficient (Wildman–Crippen LogP) is 5.73. The summed E-state index contributed by atoms with van der Waals surface area (Å²) in [4.78, 5) is 0. The Hall–Kier alpha value is -2.27. The lowest BCUT2D eigenvalue weighted by Crippen LogP contribution is -2.16. The Bertz CT molecular complexity index is 705. The molecule has 0 unspecified atom stereocenters. The van der Waals surface area contributed by atoms with Gasteiger partial charge in [-0.25, -0.2) is 0 Å². The average Bonchev–Trinajstić information content (AvgIpc) is 2.51. The van der Waals surface area contributed by atoms with Gasteiger partial charge >= 0.3 is 0 Å². The SMILES string of the molecule is CC(C)(C)c1cc(OCc2ccc(C#N)cc2)cc(C(C)(C)C)c1. The zero-order valence-electron chi connectivity index (χ0n) is 15.6. The van der Waals surface area contributed by atoms with Crippen molar-refractivity contribution in [3.63, 3.8) is 0 Å². The number of rotatable bonds is 3. The van der Waals surface area contributed by atoms with E-state index in [0.29, 0.717) is 12.2 Å². The summed E-state index contributed by atoms with van der Waals surface area (Å²) in [5.41, 5.74) is 4.45. The maximum atomic E-state index is 8.87. The molecule has 0 spiro atoms. The molecule has 0 aromatic heterocycles. The van der Waals surface area contributed by atoms with Crippen LogP contribution in [-0.4, -0.2) is 0 Å². The van der Waals surface area contributed by atoms with Crippen LogP contribution in [0.15, 0.2) is 42.5 Å².